The Morgan fingerprint density at radius 2 is 1.97 bits per heavy atom. The van der Waals surface area contributed by atoms with E-state index in [2.05, 4.69) is 4.99 Å². The summed E-state index contributed by atoms with van der Waals surface area (Å²) in [5, 5.41) is 0. The molecule has 2 aliphatic heterocycles. The third-order valence-electron chi connectivity index (χ3n) is 5.72. The summed E-state index contributed by atoms with van der Waals surface area (Å²) < 4.78 is 24.1. The highest BCUT2D eigenvalue weighted by Gasteiger charge is 2.35. The van der Waals surface area contributed by atoms with Crippen molar-refractivity contribution in [3.63, 3.8) is 0 Å². The zero-order chi connectivity index (χ0) is 24.5. The van der Waals surface area contributed by atoms with E-state index in [9.17, 15) is 9.59 Å². The summed E-state index contributed by atoms with van der Waals surface area (Å²) in [6.45, 7) is 6.23. The second kappa shape index (κ2) is 9.42. The predicted molar refractivity (Wildman–Crippen MR) is 131 cm³/mol. The van der Waals surface area contributed by atoms with Gasteiger partial charge in [-0.25, -0.2) is 9.79 Å². The molecule has 0 aliphatic carbocycles. The Kier molecular flexibility index (Phi) is 6.17. The lowest BCUT2D eigenvalue weighted by Gasteiger charge is -2.26. The first kappa shape index (κ1) is 22.9. The molecule has 3 aromatic rings. The van der Waals surface area contributed by atoms with Crippen LogP contribution in [0.2, 0.25) is 0 Å². The molecule has 0 spiro atoms. The lowest BCUT2D eigenvalue weighted by atomic mass is 9.95. The molecule has 2 aromatic carbocycles. The van der Waals surface area contributed by atoms with Gasteiger partial charge in [-0.05, 0) is 50.6 Å². The summed E-state index contributed by atoms with van der Waals surface area (Å²) in [4.78, 5) is 31.9. The van der Waals surface area contributed by atoms with Crippen molar-refractivity contribution < 1.29 is 23.7 Å². The molecule has 9 heteroatoms. The molecular formula is C26H24N2O6S. The van der Waals surface area contributed by atoms with Crippen LogP contribution in [-0.2, 0) is 9.53 Å². The number of esters is 1. The Morgan fingerprint density at radius 3 is 2.77 bits per heavy atom. The van der Waals surface area contributed by atoms with Gasteiger partial charge in [0.25, 0.3) is 5.56 Å². The highest BCUT2D eigenvalue weighted by Crippen LogP contribution is 2.36. The highest BCUT2D eigenvalue weighted by molar-refractivity contribution is 7.07. The van der Waals surface area contributed by atoms with Crippen molar-refractivity contribution in [3.8, 4) is 17.2 Å². The van der Waals surface area contributed by atoms with E-state index < -0.39 is 12.0 Å². The van der Waals surface area contributed by atoms with Crippen LogP contribution in [0.25, 0.3) is 6.08 Å². The fourth-order valence-electron chi connectivity index (χ4n) is 4.23. The number of hydrogen-bond acceptors (Lipinski definition) is 8. The van der Waals surface area contributed by atoms with Gasteiger partial charge in [0.15, 0.2) is 16.3 Å². The molecule has 0 N–H and O–H groups in total. The number of benzene rings is 2. The zero-order valence-corrected chi connectivity index (χ0v) is 20.4. The average Bonchev–Trinajstić information content (AvgIpc) is 3.43. The number of carbonyl (C=O) groups is 1. The summed E-state index contributed by atoms with van der Waals surface area (Å²) in [5.74, 6) is 1.40. The maximum Gasteiger partial charge on any atom is 0.338 e. The molecule has 3 heterocycles. The van der Waals surface area contributed by atoms with Gasteiger partial charge in [-0.3, -0.25) is 9.36 Å². The molecule has 2 aliphatic rings. The number of fused-ring (bicyclic) bond motifs is 2. The van der Waals surface area contributed by atoms with Crippen molar-refractivity contribution in [2.24, 2.45) is 4.99 Å². The summed E-state index contributed by atoms with van der Waals surface area (Å²) >= 11 is 1.27. The van der Waals surface area contributed by atoms with Gasteiger partial charge < -0.3 is 18.9 Å². The number of carbonyl (C=O) groups excluding carboxylic acids is 1. The standard InChI is InChI=1S/C26H24N2O6S/c1-4-31-18-9-7-6-8-17(18)23-22(25(30)32-5-2)15(3)27-26-28(23)24(29)21(35-26)13-16-10-11-19-20(12-16)34-14-33-19/h6-13,23H,4-5,14H2,1-3H3/b21-13-/t23-/m0/s1. The number of nitrogens with zero attached hydrogens (tertiary/aromatic N) is 2. The van der Waals surface area contributed by atoms with Crippen LogP contribution >= 0.6 is 11.3 Å². The largest absolute Gasteiger partial charge is 0.494 e. The van der Waals surface area contributed by atoms with Crippen LogP contribution in [0.5, 0.6) is 17.2 Å². The first-order valence-corrected chi connectivity index (χ1v) is 12.1. The van der Waals surface area contributed by atoms with Crippen LogP contribution < -0.4 is 29.1 Å². The van der Waals surface area contributed by atoms with Crippen LogP contribution in [0.4, 0.5) is 0 Å². The fraction of sp³-hybridized carbons (Fsp3) is 0.269. The number of rotatable bonds is 6. The molecule has 8 nitrogen and oxygen atoms in total. The van der Waals surface area contributed by atoms with Crippen LogP contribution in [0.3, 0.4) is 0 Å². The molecule has 0 saturated carbocycles. The van der Waals surface area contributed by atoms with Gasteiger partial charge in [-0.2, -0.15) is 0 Å². The maximum absolute atomic E-state index is 13.7. The Hall–Kier alpha value is -3.85. The van der Waals surface area contributed by atoms with Gasteiger partial charge in [0, 0.05) is 5.56 Å². The van der Waals surface area contributed by atoms with E-state index in [0.29, 0.717) is 50.0 Å². The number of hydrogen-bond donors (Lipinski definition) is 0. The summed E-state index contributed by atoms with van der Waals surface area (Å²) in [6.07, 6.45) is 1.79. The molecule has 0 amide bonds. The van der Waals surface area contributed by atoms with E-state index in [1.165, 1.54) is 11.3 Å². The SMILES string of the molecule is CCOC(=O)C1=C(C)N=c2s/c(=C\c3ccc4c(c3)OCO4)c(=O)n2[C@H]1c1ccccc1OCC. The third kappa shape index (κ3) is 4.12. The molecule has 180 valence electrons. The van der Waals surface area contributed by atoms with Gasteiger partial charge in [0.2, 0.25) is 6.79 Å². The number of allylic oxidation sites excluding steroid dienone is 1. The Balaban J connectivity index is 1.71. The monoisotopic (exact) mass is 492 g/mol. The maximum atomic E-state index is 13.7. The van der Waals surface area contributed by atoms with Gasteiger partial charge >= 0.3 is 5.97 Å². The first-order valence-electron chi connectivity index (χ1n) is 11.3. The van der Waals surface area contributed by atoms with Crippen molar-refractivity contribution in [3.05, 3.63) is 84.5 Å². The Labute approximate surface area is 205 Å². The van der Waals surface area contributed by atoms with Gasteiger partial charge in [0.05, 0.1) is 29.0 Å². The van der Waals surface area contributed by atoms with Crippen LogP contribution in [0, 0.1) is 0 Å². The quantitative estimate of drug-likeness (QED) is 0.492. The molecule has 35 heavy (non-hydrogen) atoms. The fourth-order valence-corrected chi connectivity index (χ4v) is 5.28. The molecule has 0 radical (unpaired) electrons. The van der Waals surface area contributed by atoms with E-state index in [1.807, 2.05) is 49.4 Å². The van der Waals surface area contributed by atoms with Crippen LogP contribution in [-0.4, -0.2) is 30.5 Å². The van der Waals surface area contributed by atoms with Gasteiger partial charge in [-0.15, -0.1) is 0 Å². The summed E-state index contributed by atoms with van der Waals surface area (Å²) in [5.41, 5.74) is 2.07. The molecular weight excluding hydrogens is 468 g/mol. The van der Waals surface area contributed by atoms with E-state index in [4.69, 9.17) is 18.9 Å². The normalized spacial score (nSPS) is 16.7. The minimum Gasteiger partial charge on any atom is -0.494 e. The van der Waals surface area contributed by atoms with Crippen LogP contribution in [0.15, 0.2) is 63.5 Å². The van der Waals surface area contributed by atoms with Crippen molar-refractivity contribution >= 4 is 23.4 Å². The minimum atomic E-state index is -0.730. The number of ether oxygens (including phenoxy) is 4. The average molecular weight is 493 g/mol. The second-order valence-corrected chi connectivity index (χ2v) is 8.89. The van der Waals surface area contributed by atoms with E-state index >= 15 is 0 Å². The van der Waals surface area contributed by atoms with E-state index in [0.717, 1.165) is 5.56 Å². The molecule has 1 aromatic heterocycles. The third-order valence-corrected chi connectivity index (χ3v) is 6.71. The lowest BCUT2D eigenvalue weighted by molar-refractivity contribution is -0.139. The summed E-state index contributed by atoms with van der Waals surface area (Å²) in [7, 11) is 0. The molecule has 1 atom stereocenters. The Morgan fingerprint density at radius 1 is 1.17 bits per heavy atom. The van der Waals surface area contributed by atoms with Crippen molar-refractivity contribution in [1.82, 2.24) is 4.57 Å². The number of para-hydroxylation sites is 1. The smallest absolute Gasteiger partial charge is 0.338 e. The lowest BCUT2D eigenvalue weighted by Crippen LogP contribution is -2.40. The van der Waals surface area contributed by atoms with E-state index in [-0.39, 0.29) is 19.0 Å². The minimum absolute atomic E-state index is 0.177. The van der Waals surface area contributed by atoms with Gasteiger partial charge in [0.1, 0.15) is 11.8 Å². The summed E-state index contributed by atoms with van der Waals surface area (Å²) in [6, 6.07) is 12.2. The van der Waals surface area contributed by atoms with E-state index in [1.54, 1.807) is 24.5 Å². The van der Waals surface area contributed by atoms with Crippen molar-refractivity contribution in [2.45, 2.75) is 26.8 Å². The van der Waals surface area contributed by atoms with Crippen LogP contribution in [0.1, 0.15) is 37.9 Å². The topological polar surface area (TPSA) is 88.4 Å². The highest BCUT2D eigenvalue weighted by atomic mass is 32.1. The predicted octanol–water partition coefficient (Wildman–Crippen LogP) is 2.93. The molecule has 0 bridgehead atoms. The molecule has 5 rings (SSSR count). The second-order valence-electron chi connectivity index (χ2n) is 7.89. The zero-order valence-electron chi connectivity index (χ0n) is 19.6. The van der Waals surface area contributed by atoms with Crippen molar-refractivity contribution in [2.75, 3.05) is 20.0 Å². The first-order chi connectivity index (χ1) is 17.0. The molecule has 0 saturated heterocycles. The molecule has 0 fully saturated rings. The van der Waals surface area contributed by atoms with Gasteiger partial charge in [-0.1, -0.05) is 35.6 Å². The van der Waals surface area contributed by atoms with Crippen molar-refractivity contribution in [1.29, 1.82) is 0 Å². The number of aromatic nitrogens is 1. The Bertz CT molecular complexity index is 1520. The molecule has 0 unspecified atom stereocenters. The number of thiazole rings is 1.